The molecule has 6 nitrogen and oxygen atoms in total. The lowest BCUT2D eigenvalue weighted by molar-refractivity contribution is -0.136. The molecule has 0 fully saturated rings. The summed E-state index contributed by atoms with van der Waals surface area (Å²) in [5, 5.41) is 19.4. The Hall–Kier alpha value is -1.73. The number of rotatable bonds is 4. The summed E-state index contributed by atoms with van der Waals surface area (Å²) in [5.41, 5.74) is 1.14. The lowest BCUT2D eigenvalue weighted by atomic mass is 10.2. The van der Waals surface area contributed by atoms with Crippen molar-refractivity contribution in [1.82, 2.24) is 9.38 Å². The first-order chi connectivity index (χ1) is 8.54. The average molecular weight is 268 g/mol. The number of hydrogen-bond donors (Lipinski definition) is 2. The minimum absolute atomic E-state index is 0.137. The van der Waals surface area contributed by atoms with E-state index in [0.29, 0.717) is 21.9 Å². The van der Waals surface area contributed by atoms with Gasteiger partial charge in [0.1, 0.15) is 0 Å². The summed E-state index contributed by atoms with van der Waals surface area (Å²) in [5.74, 6) is -0.995. The van der Waals surface area contributed by atoms with E-state index >= 15 is 0 Å². The number of fused-ring (bicyclic) bond motifs is 1. The number of thiazole rings is 1. The molecule has 2 N–H and O–H groups in total. The normalized spacial score (nSPS) is 11.0. The molecule has 0 atom stereocenters. The molecule has 0 radical (unpaired) electrons. The largest absolute Gasteiger partial charge is 0.481 e. The van der Waals surface area contributed by atoms with Crippen molar-refractivity contribution in [1.29, 1.82) is 0 Å². The molecule has 0 aliphatic rings. The van der Waals surface area contributed by atoms with Gasteiger partial charge in [0.05, 0.1) is 6.42 Å². The van der Waals surface area contributed by atoms with Crippen molar-refractivity contribution < 1.29 is 15.0 Å². The number of aliphatic carboxylic acids is 1. The second-order valence-electron chi connectivity index (χ2n) is 3.87. The Morgan fingerprint density at radius 2 is 2.28 bits per heavy atom. The fourth-order valence-corrected chi connectivity index (χ4v) is 2.74. The number of nitrogens with zero attached hydrogens (tertiary/aromatic N) is 2. The molecule has 0 amide bonds. The maximum Gasteiger partial charge on any atom is 0.309 e. The van der Waals surface area contributed by atoms with E-state index in [4.69, 9.17) is 10.2 Å². The zero-order chi connectivity index (χ0) is 13.3. The van der Waals surface area contributed by atoms with E-state index in [1.54, 1.807) is 12.3 Å². The van der Waals surface area contributed by atoms with Crippen molar-refractivity contribution >= 4 is 22.3 Å². The first-order valence-corrected chi connectivity index (χ1v) is 6.23. The quantitative estimate of drug-likeness (QED) is 0.828. The molecule has 2 heterocycles. The van der Waals surface area contributed by atoms with E-state index in [9.17, 15) is 9.59 Å². The molecule has 2 aromatic heterocycles. The van der Waals surface area contributed by atoms with E-state index in [1.807, 2.05) is 0 Å². The number of aryl methyl sites for hydroxylation is 1. The third kappa shape index (κ3) is 2.14. The average Bonchev–Trinajstić information content (AvgIpc) is 2.66. The van der Waals surface area contributed by atoms with Crippen molar-refractivity contribution in [2.75, 3.05) is 6.61 Å². The predicted molar refractivity (Wildman–Crippen MR) is 66.2 cm³/mol. The van der Waals surface area contributed by atoms with Gasteiger partial charge in [0.2, 0.25) is 0 Å². The van der Waals surface area contributed by atoms with E-state index < -0.39 is 5.97 Å². The molecule has 0 spiro atoms. The molecule has 18 heavy (non-hydrogen) atoms. The molecule has 0 bridgehead atoms. The smallest absolute Gasteiger partial charge is 0.309 e. The molecule has 0 saturated carbocycles. The van der Waals surface area contributed by atoms with Crippen molar-refractivity contribution in [3.8, 4) is 0 Å². The van der Waals surface area contributed by atoms with Gasteiger partial charge in [-0.25, -0.2) is 4.98 Å². The second-order valence-corrected chi connectivity index (χ2v) is 4.71. The Bertz CT molecular complexity index is 659. The molecule has 0 unspecified atom stereocenters. The molecule has 2 aromatic rings. The minimum atomic E-state index is -0.995. The zero-order valence-corrected chi connectivity index (χ0v) is 10.5. The summed E-state index contributed by atoms with van der Waals surface area (Å²) in [7, 11) is 0. The number of aromatic nitrogens is 2. The first-order valence-electron chi connectivity index (χ1n) is 5.36. The number of carboxylic acid groups (broad SMARTS) is 1. The maximum atomic E-state index is 12.2. The summed E-state index contributed by atoms with van der Waals surface area (Å²) in [6.45, 7) is 1.57. The number of carbonyl (C=O) groups is 1. The highest BCUT2D eigenvalue weighted by Crippen LogP contribution is 2.15. The van der Waals surface area contributed by atoms with Crippen LogP contribution < -0.4 is 5.56 Å². The van der Waals surface area contributed by atoms with Crippen LogP contribution in [0.2, 0.25) is 0 Å². The second kappa shape index (κ2) is 4.87. The topological polar surface area (TPSA) is 91.9 Å². The molecule has 0 aliphatic heterocycles. The van der Waals surface area contributed by atoms with E-state index in [0.717, 1.165) is 0 Å². The van der Waals surface area contributed by atoms with Gasteiger partial charge < -0.3 is 10.2 Å². The van der Waals surface area contributed by atoms with Crippen LogP contribution in [0.4, 0.5) is 0 Å². The highest BCUT2D eigenvalue weighted by atomic mass is 32.1. The van der Waals surface area contributed by atoms with Gasteiger partial charge in [-0.05, 0) is 6.92 Å². The molecule has 0 saturated heterocycles. The third-order valence-corrected chi connectivity index (χ3v) is 3.51. The summed E-state index contributed by atoms with van der Waals surface area (Å²) in [4.78, 5) is 27.7. The van der Waals surface area contributed by atoms with Gasteiger partial charge in [-0.2, -0.15) is 0 Å². The van der Waals surface area contributed by atoms with Crippen LogP contribution >= 0.6 is 11.3 Å². The molecule has 0 aromatic carbocycles. The first kappa shape index (κ1) is 12.7. The minimum Gasteiger partial charge on any atom is -0.481 e. The fraction of sp³-hybridized carbons (Fsp3) is 0.364. The van der Waals surface area contributed by atoms with Crippen molar-refractivity contribution in [2.24, 2.45) is 0 Å². The van der Waals surface area contributed by atoms with Crippen LogP contribution in [-0.2, 0) is 17.6 Å². The molecule has 2 rings (SSSR count). The Kier molecular flexibility index (Phi) is 3.44. The number of aliphatic hydroxyl groups excluding tert-OH is 1. The van der Waals surface area contributed by atoms with Crippen LogP contribution in [0.1, 0.15) is 17.0 Å². The van der Waals surface area contributed by atoms with Crippen LogP contribution in [0.25, 0.3) is 4.96 Å². The SMILES string of the molecule is Cc1nc2scc(CC(=O)O)n2c(=O)c1CCO. The van der Waals surface area contributed by atoms with Gasteiger partial charge in [0, 0.05) is 35.4 Å². The van der Waals surface area contributed by atoms with Crippen LogP contribution in [0.5, 0.6) is 0 Å². The molecule has 0 aliphatic carbocycles. The van der Waals surface area contributed by atoms with Crippen LogP contribution in [0.3, 0.4) is 0 Å². The Morgan fingerprint density at radius 3 is 2.89 bits per heavy atom. The highest BCUT2D eigenvalue weighted by Gasteiger charge is 2.15. The zero-order valence-electron chi connectivity index (χ0n) is 9.71. The van der Waals surface area contributed by atoms with E-state index in [2.05, 4.69) is 4.98 Å². The van der Waals surface area contributed by atoms with E-state index in [-0.39, 0.29) is 25.0 Å². The standard InChI is InChI=1S/C11H12N2O4S/c1-6-8(2-3-14)10(17)13-7(4-9(15)16)5-18-11(13)12-6/h5,14H,2-4H2,1H3,(H,15,16). The summed E-state index contributed by atoms with van der Waals surface area (Å²) < 4.78 is 1.32. The summed E-state index contributed by atoms with van der Waals surface area (Å²) in [6, 6.07) is 0. The number of carboxylic acids is 1. The lowest BCUT2D eigenvalue weighted by Crippen LogP contribution is -2.23. The molecule has 7 heteroatoms. The highest BCUT2D eigenvalue weighted by molar-refractivity contribution is 7.15. The Morgan fingerprint density at radius 1 is 1.56 bits per heavy atom. The Labute approximate surface area is 106 Å². The molecular weight excluding hydrogens is 256 g/mol. The van der Waals surface area contributed by atoms with Crippen molar-refractivity contribution in [2.45, 2.75) is 19.8 Å². The molecule has 96 valence electrons. The van der Waals surface area contributed by atoms with Crippen molar-refractivity contribution in [3.05, 3.63) is 32.7 Å². The van der Waals surface area contributed by atoms with Gasteiger partial charge in [0.15, 0.2) is 4.96 Å². The number of aliphatic hydroxyl groups is 1. The van der Waals surface area contributed by atoms with Gasteiger partial charge in [-0.1, -0.05) is 0 Å². The van der Waals surface area contributed by atoms with Gasteiger partial charge in [-0.3, -0.25) is 14.0 Å². The van der Waals surface area contributed by atoms with Crippen LogP contribution in [0.15, 0.2) is 10.2 Å². The van der Waals surface area contributed by atoms with Crippen molar-refractivity contribution in [3.63, 3.8) is 0 Å². The Balaban J connectivity index is 2.68. The maximum absolute atomic E-state index is 12.2. The molecular formula is C11H12N2O4S. The van der Waals surface area contributed by atoms with Gasteiger partial charge in [-0.15, -0.1) is 11.3 Å². The van der Waals surface area contributed by atoms with E-state index in [1.165, 1.54) is 15.7 Å². The summed E-state index contributed by atoms with van der Waals surface area (Å²) in [6.07, 6.45) is 0.00613. The van der Waals surface area contributed by atoms with Gasteiger partial charge >= 0.3 is 5.97 Å². The summed E-state index contributed by atoms with van der Waals surface area (Å²) >= 11 is 1.24. The van der Waals surface area contributed by atoms with Crippen LogP contribution in [0, 0.1) is 6.92 Å². The van der Waals surface area contributed by atoms with Crippen LogP contribution in [-0.4, -0.2) is 32.2 Å². The monoisotopic (exact) mass is 268 g/mol. The lowest BCUT2D eigenvalue weighted by Gasteiger charge is -2.05. The third-order valence-electron chi connectivity index (χ3n) is 2.63. The fourth-order valence-electron chi connectivity index (χ4n) is 1.82. The number of hydrogen-bond acceptors (Lipinski definition) is 5. The van der Waals surface area contributed by atoms with Gasteiger partial charge in [0.25, 0.3) is 5.56 Å². The predicted octanol–water partition coefficient (Wildman–Crippen LogP) is 0.226.